The summed E-state index contributed by atoms with van der Waals surface area (Å²) in [6, 6.07) is 20.3. The van der Waals surface area contributed by atoms with E-state index >= 15 is 0 Å². The van der Waals surface area contributed by atoms with E-state index in [-0.39, 0.29) is 0 Å². The first-order valence-electron chi connectivity index (χ1n) is 10.5. The first-order chi connectivity index (χ1) is 15.1. The van der Waals surface area contributed by atoms with Crippen molar-refractivity contribution in [3.8, 4) is 0 Å². The number of nitrogens with one attached hydrogen (secondary N) is 2. The molecule has 0 radical (unpaired) electrons. The van der Waals surface area contributed by atoms with Crippen LogP contribution in [0.1, 0.15) is 22.6 Å². The average Bonchev–Trinajstić information content (AvgIpc) is 3.39. The van der Waals surface area contributed by atoms with Crippen LogP contribution in [-0.2, 0) is 19.4 Å². The lowest BCUT2D eigenvalue weighted by Crippen LogP contribution is -2.41. The fourth-order valence-corrected chi connectivity index (χ4v) is 4.27. The number of rotatable bonds is 8. The van der Waals surface area contributed by atoms with Crippen molar-refractivity contribution < 1.29 is 4.42 Å². The molecule has 0 saturated carbocycles. The van der Waals surface area contributed by atoms with Crippen molar-refractivity contribution in [2.75, 3.05) is 13.1 Å². The number of benzene rings is 2. The number of aromatic amines is 1. The van der Waals surface area contributed by atoms with Gasteiger partial charge in [0.2, 0.25) is 0 Å². The molecule has 0 unspecified atom stereocenters. The second-order valence-electron chi connectivity index (χ2n) is 7.64. The molecular formula is C25H26ClN3OS. The molecule has 0 bridgehead atoms. The molecule has 4 nitrogen and oxygen atoms in total. The Kier molecular flexibility index (Phi) is 6.95. The molecule has 0 aliphatic carbocycles. The van der Waals surface area contributed by atoms with Crippen LogP contribution in [0.2, 0.25) is 5.02 Å². The molecule has 0 saturated heterocycles. The zero-order valence-electron chi connectivity index (χ0n) is 17.5. The highest BCUT2D eigenvalue weighted by Gasteiger charge is 2.15. The highest BCUT2D eigenvalue weighted by atomic mass is 35.5. The number of halogens is 1. The van der Waals surface area contributed by atoms with Gasteiger partial charge in [0.25, 0.3) is 0 Å². The molecule has 160 valence electrons. The molecule has 0 amide bonds. The summed E-state index contributed by atoms with van der Waals surface area (Å²) < 4.78 is 5.58. The number of hydrogen-bond donors (Lipinski definition) is 2. The monoisotopic (exact) mass is 451 g/mol. The van der Waals surface area contributed by atoms with Crippen LogP contribution < -0.4 is 5.32 Å². The van der Waals surface area contributed by atoms with Crippen LogP contribution >= 0.6 is 23.8 Å². The Morgan fingerprint density at radius 2 is 1.94 bits per heavy atom. The quantitative estimate of drug-likeness (QED) is 0.328. The minimum atomic E-state index is 0.631. The second kappa shape index (κ2) is 10.0. The minimum absolute atomic E-state index is 0.631. The molecule has 0 fully saturated rings. The third kappa shape index (κ3) is 5.49. The summed E-state index contributed by atoms with van der Waals surface area (Å²) in [5, 5.41) is 6.08. The molecular weight excluding hydrogens is 426 g/mol. The van der Waals surface area contributed by atoms with Crippen molar-refractivity contribution in [3.63, 3.8) is 0 Å². The van der Waals surface area contributed by atoms with Crippen molar-refractivity contribution in [2.24, 2.45) is 0 Å². The third-order valence-corrected chi connectivity index (χ3v) is 6.10. The van der Waals surface area contributed by atoms with Crippen LogP contribution in [0.5, 0.6) is 0 Å². The van der Waals surface area contributed by atoms with E-state index in [0.717, 1.165) is 53.0 Å². The van der Waals surface area contributed by atoms with Gasteiger partial charge >= 0.3 is 0 Å². The summed E-state index contributed by atoms with van der Waals surface area (Å²) in [6.45, 7) is 4.31. The molecule has 31 heavy (non-hydrogen) atoms. The van der Waals surface area contributed by atoms with Gasteiger partial charge in [-0.1, -0.05) is 41.9 Å². The number of aryl methyl sites for hydroxylation is 1. The van der Waals surface area contributed by atoms with Gasteiger partial charge in [0.1, 0.15) is 5.76 Å². The van der Waals surface area contributed by atoms with Crippen LogP contribution in [0.25, 0.3) is 10.9 Å². The number of fused-ring (bicyclic) bond motifs is 1. The smallest absolute Gasteiger partial charge is 0.169 e. The van der Waals surface area contributed by atoms with E-state index in [1.54, 1.807) is 6.26 Å². The van der Waals surface area contributed by atoms with Crippen molar-refractivity contribution in [3.05, 3.63) is 94.5 Å². The fourth-order valence-electron chi connectivity index (χ4n) is 3.84. The second-order valence-corrected chi connectivity index (χ2v) is 8.46. The van der Waals surface area contributed by atoms with Crippen molar-refractivity contribution in [1.29, 1.82) is 0 Å². The summed E-state index contributed by atoms with van der Waals surface area (Å²) in [6.07, 6.45) is 3.48. The zero-order chi connectivity index (χ0) is 21.6. The molecule has 2 aromatic carbocycles. The van der Waals surface area contributed by atoms with E-state index in [1.807, 2.05) is 36.4 Å². The first-order valence-corrected chi connectivity index (χ1v) is 11.2. The highest BCUT2D eigenvalue weighted by molar-refractivity contribution is 7.80. The van der Waals surface area contributed by atoms with E-state index in [0.29, 0.717) is 6.54 Å². The summed E-state index contributed by atoms with van der Waals surface area (Å²) >= 11 is 12.0. The van der Waals surface area contributed by atoms with E-state index in [1.165, 1.54) is 16.5 Å². The lowest BCUT2D eigenvalue weighted by molar-refractivity contribution is 0.360. The minimum Gasteiger partial charge on any atom is -0.467 e. The van der Waals surface area contributed by atoms with E-state index < -0.39 is 0 Å². The van der Waals surface area contributed by atoms with Gasteiger partial charge in [0.05, 0.1) is 12.8 Å². The molecule has 4 aromatic rings. The Morgan fingerprint density at radius 3 is 2.71 bits per heavy atom. The molecule has 0 atom stereocenters. The van der Waals surface area contributed by atoms with Gasteiger partial charge in [-0.15, -0.1) is 0 Å². The van der Waals surface area contributed by atoms with Crippen LogP contribution in [-0.4, -0.2) is 28.1 Å². The van der Waals surface area contributed by atoms with Crippen LogP contribution in [0.4, 0.5) is 0 Å². The van der Waals surface area contributed by atoms with Gasteiger partial charge in [0, 0.05) is 34.7 Å². The zero-order valence-corrected chi connectivity index (χ0v) is 19.1. The predicted octanol–water partition coefficient (Wildman–Crippen LogP) is 5.88. The number of furan rings is 1. The first kappa shape index (κ1) is 21.5. The van der Waals surface area contributed by atoms with Crippen LogP contribution in [0, 0.1) is 6.92 Å². The topological polar surface area (TPSA) is 44.2 Å². The van der Waals surface area contributed by atoms with Crippen molar-refractivity contribution >= 4 is 39.8 Å². The largest absolute Gasteiger partial charge is 0.467 e. The van der Waals surface area contributed by atoms with Crippen molar-refractivity contribution in [1.82, 2.24) is 15.2 Å². The maximum atomic E-state index is 6.25. The normalized spacial score (nSPS) is 11.0. The summed E-state index contributed by atoms with van der Waals surface area (Å²) in [4.78, 5) is 5.63. The molecule has 4 rings (SSSR count). The number of aromatic nitrogens is 1. The number of thiocarbonyl (C=S) groups is 1. The summed E-state index contributed by atoms with van der Waals surface area (Å²) in [7, 11) is 0. The third-order valence-electron chi connectivity index (χ3n) is 5.46. The van der Waals surface area contributed by atoms with Gasteiger partial charge in [-0.05, 0) is 73.4 Å². The SMILES string of the molecule is Cc1[nH]c2ccc(Cl)cc2c1CCN(Cc1ccco1)C(=S)NCCc1ccccc1. The number of H-pyrrole nitrogens is 1. The molecule has 0 spiro atoms. The standard InChI is InChI=1S/C25H26ClN3OS/c1-18-22(23-16-20(26)9-10-24(23)28-18)12-14-29(17-21-8-5-15-30-21)25(31)27-13-11-19-6-3-2-4-7-19/h2-10,15-16,28H,11-14,17H2,1H3,(H,27,31). The number of nitrogens with zero attached hydrogens (tertiary/aromatic N) is 1. The van der Waals surface area contributed by atoms with Gasteiger partial charge in [0.15, 0.2) is 5.11 Å². The Labute approximate surface area is 193 Å². The maximum Gasteiger partial charge on any atom is 0.169 e. The molecule has 6 heteroatoms. The molecule has 0 aliphatic rings. The maximum absolute atomic E-state index is 6.25. The van der Waals surface area contributed by atoms with Crippen LogP contribution in [0.15, 0.2) is 71.3 Å². The molecule has 0 aliphatic heterocycles. The van der Waals surface area contributed by atoms with Gasteiger partial charge in [-0.25, -0.2) is 0 Å². The Morgan fingerprint density at radius 1 is 1.10 bits per heavy atom. The summed E-state index contributed by atoms with van der Waals surface area (Å²) in [5.41, 5.74) is 4.84. The van der Waals surface area contributed by atoms with Crippen molar-refractivity contribution in [2.45, 2.75) is 26.3 Å². The Balaban J connectivity index is 1.44. The van der Waals surface area contributed by atoms with Gasteiger partial charge in [-0.2, -0.15) is 0 Å². The Bertz CT molecular complexity index is 1140. The van der Waals surface area contributed by atoms with Crippen LogP contribution in [0.3, 0.4) is 0 Å². The molecule has 2 heterocycles. The lowest BCUT2D eigenvalue weighted by Gasteiger charge is -2.25. The molecule has 2 N–H and O–H groups in total. The van der Waals surface area contributed by atoms with E-state index in [9.17, 15) is 0 Å². The molecule has 2 aromatic heterocycles. The Hall–Kier alpha value is -2.76. The predicted molar refractivity (Wildman–Crippen MR) is 132 cm³/mol. The fraction of sp³-hybridized carbons (Fsp3) is 0.240. The average molecular weight is 452 g/mol. The van der Waals surface area contributed by atoms with E-state index in [4.69, 9.17) is 28.2 Å². The lowest BCUT2D eigenvalue weighted by atomic mass is 10.1. The summed E-state index contributed by atoms with van der Waals surface area (Å²) in [5.74, 6) is 0.894. The highest BCUT2D eigenvalue weighted by Crippen LogP contribution is 2.26. The van der Waals surface area contributed by atoms with Gasteiger partial charge < -0.3 is 19.6 Å². The number of hydrogen-bond acceptors (Lipinski definition) is 2. The van der Waals surface area contributed by atoms with Gasteiger partial charge in [-0.3, -0.25) is 0 Å². The van der Waals surface area contributed by atoms with E-state index in [2.05, 4.69) is 46.4 Å².